The monoisotopic (exact) mass is 198 g/mol. The Morgan fingerprint density at radius 3 is 2.43 bits per heavy atom. The predicted octanol–water partition coefficient (Wildman–Crippen LogP) is 2.30. The Labute approximate surface area is 84.7 Å². The molecule has 0 atom stereocenters. The van der Waals surface area contributed by atoms with E-state index >= 15 is 0 Å². The summed E-state index contributed by atoms with van der Waals surface area (Å²) >= 11 is 0. The van der Waals surface area contributed by atoms with Crippen LogP contribution in [-0.2, 0) is 4.74 Å². The molecule has 80 valence electrons. The number of carbonyl (C=O) groups excluding carboxylic acids is 1. The van der Waals surface area contributed by atoms with E-state index in [0.717, 1.165) is 5.71 Å². The van der Waals surface area contributed by atoms with Crippen LogP contribution in [0.5, 0.6) is 0 Å². The molecule has 0 radical (unpaired) electrons. The van der Waals surface area contributed by atoms with E-state index in [1.54, 1.807) is 0 Å². The first-order valence-electron chi connectivity index (χ1n) is 4.91. The van der Waals surface area contributed by atoms with Gasteiger partial charge in [0.15, 0.2) is 0 Å². The standard InChI is InChI=1S/C10H18N2O2/c1-7(8-5-6-8)11-12-9(13)14-10(2,3)4/h8H,5-6H2,1-4H3,(H,12,13). The van der Waals surface area contributed by atoms with Crippen molar-refractivity contribution in [3.8, 4) is 0 Å². The maximum Gasteiger partial charge on any atom is 0.428 e. The second kappa shape index (κ2) is 3.98. The van der Waals surface area contributed by atoms with Crippen LogP contribution >= 0.6 is 0 Å². The van der Waals surface area contributed by atoms with Crippen LogP contribution in [-0.4, -0.2) is 17.4 Å². The molecule has 1 fully saturated rings. The highest BCUT2D eigenvalue weighted by Crippen LogP contribution is 2.30. The molecule has 0 heterocycles. The highest BCUT2D eigenvalue weighted by molar-refractivity contribution is 5.87. The number of hydrogen-bond acceptors (Lipinski definition) is 3. The number of nitrogens with zero attached hydrogens (tertiary/aromatic N) is 1. The number of ether oxygens (including phenoxy) is 1. The number of amides is 1. The van der Waals surface area contributed by atoms with Gasteiger partial charge >= 0.3 is 6.09 Å². The van der Waals surface area contributed by atoms with Crippen LogP contribution in [0.15, 0.2) is 5.10 Å². The van der Waals surface area contributed by atoms with Crippen molar-refractivity contribution in [1.29, 1.82) is 0 Å². The minimum absolute atomic E-state index is 0.465. The molecule has 4 heteroatoms. The smallest absolute Gasteiger partial charge is 0.428 e. The third-order valence-electron chi connectivity index (χ3n) is 1.89. The van der Waals surface area contributed by atoms with Crippen molar-refractivity contribution < 1.29 is 9.53 Å². The van der Waals surface area contributed by atoms with Gasteiger partial charge < -0.3 is 4.74 Å². The first kappa shape index (κ1) is 11.0. The molecule has 1 aliphatic carbocycles. The van der Waals surface area contributed by atoms with Gasteiger partial charge in [-0.15, -0.1) is 0 Å². The van der Waals surface area contributed by atoms with Crippen LogP contribution < -0.4 is 5.43 Å². The number of rotatable bonds is 2. The molecule has 0 spiro atoms. The highest BCUT2D eigenvalue weighted by Gasteiger charge is 2.24. The van der Waals surface area contributed by atoms with E-state index in [9.17, 15) is 4.79 Å². The predicted molar refractivity (Wildman–Crippen MR) is 55.2 cm³/mol. The Bertz CT molecular complexity index is 249. The van der Waals surface area contributed by atoms with Crippen LogP contribution in [0.4, 0.5) is 4.79 Å². The number of carbonyl (C=O) groups is 1. The van der Waals surface area contributed by atoms with E-state index in [0.29, 0.717) is 5.92 Å². The van der Waals surface area contributed by atoms with Crippen molar-refractivity contribution in [2.45, 2.75) is 46.1 Å². The lowest BCUT2D eigenvalue weighted by atomic mass is 10.2. The van der Waals surface area contributed by atoms with Crippen LogP contribution in [0.2, 0.25) is 0 Å². The summed E-state index contributed by atoms with van der Waals surface area (Å²) in [6.45, 7) is 7.40. The third-order valence-corrected chi connectivity index (χ3v) is 1.89. The fraction of sp³-hybridized carbons (Fsp3) is 0.800. The lowest BCUT2D eigenvalue weighted by molar-refractivity contribution is 0.0529. The molecule has 0 aromatic heterocycles. The lowest BCUT2D eigenvalue weighted by Gasteiger charge is -2.18. The van der Waals surface area contributed by atoms with E-state index in [-0.39, 0.29) is 0 Å². The maximum atomic E-state index is 11.2. The van der Waals surface area contributed by atoms with Crippen molar-refractivity contribution in [3.63, 3.8) is 0 Å². The lowest BCUT2D eigenvalue weighted by Crippen LogP contribution is -2.30. The average molecular weight is 198 g/mol. The van der Waals surface area contributed by atoms with Gasteiger partial charge in [0.1, 0.15) is 5.60 Å². The van der Waals surface area contributed by atoms with E-state index in [4.69, 9.17) is 4.74 Å². The third kappa shape index (κ3) is 4.25. The number of nitrogens with one attached hydrogen (secondary N) is 1. The summed E-state index contributed by atoms with van der Waals surface area (Å²) in [6, 6.07) is 0. The summed E-state index contributed by atoms with van der Waals surface area (Å²) < 4.78 is 5.03. The van der Waals surface area contributed by atoms with Crippen molar-refractivity contribution in [2.24, 2.45) is 11.0 Å². The quantitative estimate of drug-likeness (QED) is 0.546. The fourth-order valence-electron chi connectivity index (χ4n) is 1.03. The highest BCUT2D eigenvalue weighted by atomic mass is 16.6. The minimum Gasteiger partial charge on any atom is -0.443 e. The largest absolute Gasteiger partial charge is 0.443 e. The molecular formula is C10H18N2O2. The van der Waals surface area contributed by atoms with Crippen LogP contribution in [0.1, 0.15) is 40.5 Å². The molecule has 14 heavy (non-hydrogen) atoms. The second-order valence-electron chi connectivity index (χ2n) is 4.64. The van der Waals surface area contributed by atoms with Crippen LogP contribution in [0.3, 0.4) is 0 Å². The molecule has 1 aliphatic rings. The van der Waals surface area contributed by atoms with Gasteiger partial charge in [0.25, 0.3) is 0 Å². The molecule has 0 bridgehead atoms. The topological polar surface area (TPSA) is 50.7 Å². The zero-order chi connectivity index (χ0) is 10.8. The molecule has 1 N–H and O–H groups in total. The summed E-state index contributed by atoms with van der Waals surface area (Å²) in [6.07, 6.45) is 1.88. The van der Waals surface area contributed by atoms with Crippen molar-refractivity contribution in [3.05, 3.63) is 0 Å². The van der Waals surface area contributed by atoms with Gasteiger partial charge in [-0.2, -0.15) is 5.10 Å². The average Bonchev–Trinajstić information content (AvgIpc) is 2.78. The summed E-state index contributed by atoms with van der Waals surface area (Å²) in [5, 5.41) is 3.96. The molecule has 1 saturated carbocycles. The van der Waals surface area contributed by atoms with Gasteiger partial charge in [0.05, 0.1) is 0 Å². The first-order valence-corrected chi connectivity index (χ1v) is 4.91. The molecule has 0 saturated heterocycles. The number of hydrogen-bond donors (Lipinski definition) is 1. The molecule has 0 aliphatic heterocycles. The first-order chi connectivity index (χ1) is 6.38. The Balaban J connectivity index is 2.30. The number of hydrazone groups is 1. The van der Waals surface area contributed by atoms with Gasteiger partial charge in [-0.05, 0) is 46.5 Å². The Morgan fingerprint density at radius 2 is 2.00 bits per heavy atom. The Kier molecular flexibility index (Phi) is 3.13. The van der Waals surface area contributed by atoms with Crippen molar-refractivity contribution in [2.75, 3.05) is 0 Å². The summed E-state index contributed by atoms with van der Waals surface area (Å²) in [5.41, 5.74) is 2.90. The molecule has 0 unspecified atom stereocenters. The molecule has 0 aromatic carbocycles. The fourth-order valence-corrected chi connectivity index (χ4v) is 1.03. The van der Waals surface area contributed by atoms with Gasteiger partial charge in [0.2, 0.25) is 0 Å². The SMILES string of the molecule is CC(=NNC(=O)OC(C)(C)C)C1CC1. The zero-order valence-corrected chi connectivity index (χ0v) is 9.26. The second-order valence-corrected chi connectivity index (χ2v) is 4.64. The summed E-state index contributed by atoms with van der Waals surface area (Å²) in [5.74, 6) is 0.574. The van der Waals surface area contributed by atoms with Crippen molar-refractivity contribution in [1.82, 2.24) is 5.43 Å². The molecule has 1 rings (SSSR count). The van der Waals surface area contributed by atoms with E-state index in [1.165, 1.54) is 12.8 Å². The normalized spacial score (nSPS) is 17.9. The van der Waals surface area contributed by atoms with E-state index in [1.807, 2.05) is 27.7 Å². The summed E-state index contributed by atoms with van der Waals surface area (Å²) in [7, 11) is 0. The molecule has 4 nitrogen and oxygen atoms in total. The zero-order valence-electron chi connectivity index (χ0n) is 9.26. The van der Waals surface area contributed by atoms with Crippen molar-refractivity contribution >= 4 is 11.8 Å². The Morgan fingerprint density at radius 1 is 1.43 bits per heavy atom. The van der Waals surface area contributed by atoms with Crippen LogP contribution in [0.25, 0.3) is 0 Å². The molecular weight excluding hydrogens is 180 g/mol. The van der Waals surface area contributed by atoms with E-state index < -0.39 is 11.7 Å². The van der Waals surface area contributed by atoms with Gasteiger partial charge in [-0.25, -0.2) is 10.2 Å². The minimum atomic E-state index is -0.488. The van der Waals surface area contributed by atoms with Gasteiger partial charge in [0, 0.05) is 5.71 Å². The van der Waals surface area contributed by atoms with Gasteiger partial charge in [-0.3, -0.25) is 0 Å². The molecule has 1 amide bonds. The maximum absolute atomic E-state index is 11.2. The summed E-state index contributed by atoms with van der Waals surface area (Å²) in [4.78, 5) is 11.2. The van der Waals surface area contributed by atoms with E-state index in [2.05, 4.69) is 10.5 Å². The Hall–Kier alpha value is -1.06. The van der Waals surface area contributed by atoms with Gasteiger partial charge in [-0.1, -0.05) is 0 Å². The molecule has 0 aromatic rings. The van der Waals surface area contributed by atoms with Crippen LogP contribution in [0, 0.1) is 5.92 Å².